The molecule has 3 atom stereocenters. The molecule has 1 aliphatic rings. The molecule has 0 aromatic heterocycles. The van der Waals surface area contributed by atoms with E-state index in [0.29, 0.717) is 41.3 Å². The van der Waals surface area contributed by atoms with E-state index in [9.17, 15) is 14.4 Å². The van der Waals surface area contributed by atoms with E-state index in [-0.39, 0.29) is 29.2 Å². The second kappa shape index (κ2) is 12.9. The van der Waals surface area contributed by atoms with Crippen LogP contribution in [-0.2, 0) is 16.0 Å². The molecule has 0 unspecified atom stereocenters. The molecule has 2 amide bonds. The number of nitrogens with one attached hydrogen (secondary N) is 3. The van der Waals surface area contributed by atoms with E-state index < -0.39 is 12.1 Å². The third-order valence-electron chi connectivity index (χ3n) is 7.15. The number of carbonyl (C=O) groups excluding carboxylic acids is 2. The van der Waals surface area contributed by atoms with Gasteiger partial charge in [0.25, 0.3) is 0 Å². The predicted molar refractivity (Wildman–Crippen MR) is 153 cm³/mol. The van der Waals surface area contributed by atoms with Gasteiger partial charge in [-0.1, -0.05) is 26.3 Å². The highest BCUT2D eigenvalue weighted by molar-refractivity contribution is 5.86. The first-order chi connectivity index (χ1) is 18.6. The number of benzene rings is 1. The molecule has 9 nitrogen and oxygen atoms in total. The van der Waals surface area contributed by atoms with Crippen LogP contribution in [0.2, 0.25) is 0 Å². The number of hydrogen-bond acceptors (Lipinski definition) is 7. The van der Waals surface area contributed by atoms with Gasteiger partial charge in [-0.05, 0) is 67.5 Å². The van der Waals surface area contributed by atoms with Gasteiger partial charge in [0.2, 0.25) is 23.0 Å². The normalized spacial score (nSPS) is 15.7. The van der Waals surface area contributed by atoms with E-state index in [2.05, 4.69) is 16.0 Å². The predicted octanol–water partition coefficient (Wildman–Crippen LogP) is 4.21. The van der Waals surface area contributed by atoms with Crippen molar-refractivity contribution in [1.82, 2.24) is 10.6 Å². The lowest BCUT2D eigenvalue weighted by atomic mass is 9.95. The molecule has 39 heavy (non-hydrogen) atoms. The van der Waals surface area contributed by atoms with E-state index in [1.807, 2.05) is 39.8 Å². The molecule has 2 aromatic rings. The summed E-state index contributed by atoms with van der Waals surface area (Å²) in [6, 6.07) is 5.98. The molecule has 0 saturated heterocycles. The first-order valence-electron chi connectivity index (χ1n) is 13.4. The van der Waals surface area contributed by atoms with Crippen molar-refractivity contribution < 1.29 is 23.8 Å². The summed E-state index contributed by atoms with van der Waals surface area (Å²) in [7, 11) is 4.68. The van der Waals surface area contributed by atoms with Crippen molar-refractivity contribution in [3.05, 3.63) is 45.6 Å². The summed E-state index contributed by atoms with van der Waals surface area (Å²) in [5.41, 5.74) is 3.14. The number of amides is 2. The Kier molecular flexibility index (Phi) is 9.83. The van der Waals surface area contributed by atoms with Crippen molar-refractivity contribution in [1.29, 1.82) is 0 Å². The lowest BCUT2D eigenvalue weighted by Crippen LogP contribution is -2.46. The summed E-state index contributed by atoms with van der Waals surface area (Å²) in [6.07, 6.45) is 1.93. The molecule has 9 heteroatoms. The van der Waals surface area contributed by atoms with E-state index in [1.165, 1.54) is 6.92 Å². The molecule has 1 aliphatic carbocycles. The SMILES string of the molecule is CC[C@@H](C)[C@H](Nc1ccc2c(cc1=O)[C@@H](NC(C)=O)CCc1cc(OC)c(OC)c(OC)c1-2)C(=O)NC(C)C. The monoisotopic (exact) mass is 539 g/mol. The summed E-state index contributed by atoms with van der Waals surface area (Å²) in [5.74, 6) is 1.09. The Bertz CT molecular complexity index is 1280. The Hall–Kier alpha value is -3.75. The lowest BCUT2D eigenvalue weighted by Gasteiger charge is -2.25. The van der Waals surface area contributed by atoms with Gasteiger partial charge in [0, 0.05) is 18.5 Å². The molecule has 0 radical (unpaired) electrons. The van der Waals surface area contributed by atoms with E-state index in [1.54, 1.807) is 33.5 Å². The van der Waals surface area contributed by atoms with Gasteiger partial charge in [-0.3, -0.25) is 14.4 Å². The number of methoxy groups -OCH3 is 3. The molecule has 0 bridgehead atoms. The van der Waals surface area contributed by atoms with Crippen LogP contribution in [0.5, 0.6) is 17.2 Å². The summed E-state index contributed by atoms with van der Waals surface area (Å²) in [4.78, 5) is 38.8. The zero-order valence-corrected chi connectivity index (χ0v) is 24.2. The number of aryl methyl sites for hydroxylation is 1. The number of ether oxygens (including phenoxy) is 3. The zero-order valence-electron chi connectivity index (χ0n) is 24.2. The van der Waals surface area contributed by atoms with Crippen molar-refractivity contribution in [2.45, 2.75) is 72.0 Å². The largest absolute Gasteiger partial charge is 0.493 e. The van der Waals surface area contributed by atoms with Gasteiger partial charge in [-0.2, -0.15) is 0 Å². The van der Waals surface area contributed by atoms with E-state index in [0.717, 1.165) is 23.1 Å². The number of rotatable bonds is 10. The third kappa shape index (κ3) is 6.46. The standard InChI is InChI=1S/C30H41N3O6/c1-9-17(4)27(30(36)31-16(2)3)33-23-13-11-20-21(15-24(23)35)22(32-18(5)34)12-10-19-14-25(37-6)28(38-7)29(39-8)26(19)20/h11,13-17,22,27H,9-10,12H2,1-8H3,(H,31,36)(H,32,34)(H,33,35)/t17-,22+,27+/m1/s1. The minimum atomic E-state index is -0.593. The molecule has 3 N–H and O–H groups in total. The van der Waals surface area contributed by atoms with E-state index in [4.69, 9.17) is 14.2 Å². The Morgan fingerprint density at radius 1 is 1.03 bits per heavy atom. The van der Waals surface area contributed by atoms with Gasteiger partial charge in [0.05, 0.1) is 33.1 Å². The van der Waals surface area contributed by atoms with Crippen LogP contribution >= 0.6 is 0 Å². The van der Waals surface area contributed by atoms with Crippen LogP contribution in [0.3, 0.4) is 0 Å². The fourth-order valence-corrected chi connectivity index (χ4v) is 5.07. The first-order valence-corrected chi connectivity index (χ1v) is 13.4. The van der Waals surface area contributed by atoms with Crippen molar-refractivity contribution >= 4 is 17.5 Å². The van der Waals surface area contributed by atoms with Crippen molar-refractivity contribution in [3.8, 4) is 28.4 Å². The van der Waals surface area contributed by atoms with Crippen molar-refractivity contribution in [2.75, 3.05) is 26.6 Å². The minimum Gasteiger partial charge on any atom is -0.493 e. The average molecular weight is 540 g/mol. The highest BCUT2D eigenvalue weighted by Crippen LogP contribution is 2.50. The molecule has 2 aromatic carbocycles. The van der Waals surface area contributed by atoms with Crippen LogP contribution in [-0.4, -0.2) is 45.2 Å². The smallest absolute Gasteiger partial charge is 0.242 e. The van der Waals surface area contributed by atoms with Gasteiger partial charge in [0.15, 0.2) is 11.5 Å². The van der Waals surface area contributed by atoms with Gasteiger partial charge < -0.3 is 30.2 Å². The third-order valence-corrected chi connectivity index (χ3v) is 7.15. The number of hydrogen-bond donors (Lipinski definition) is 3. The fraction of sp³-hybridized carbons (Fsp3) is 0.500. The number of carbonyl (C=O) groups is 2. The second-order valence-corrected chi connectivity index (χ2v) is 10.3. The maximum absolute atomic E-state index is 13.6. The minimum absolute atomic E-state index is 0.0174. The zero-order chi connectivity index (χ0) is 28.9. The second-order valence-electron chi connectivity index (χ2n) is 10.3. The quantitative estimate of drug-likeness (QED) is 0.414. The van der Waals surface area contributed by atoms with Crippen molar-refractivity contribution in [3.63, 3.8) is 0 Å². The Morgan fingerprint density at radius 2 is 1.72 bits per heavy atom. The van der Waals surface area contributed by atoms with Crippen molar-refractivity contribution in [2.24, 2.45) is 5.92 Å². The summed E-state index contributed by atoms with van der Waals surface area (Å²) in [6.45, 7) is 9.26. The maximum Gasteiger partial charge on any atom is 0.242 e. The van der Waals surface area contributed by atoms with Crippen LogP contribution in [0.1, 0.15) is 64.6 Å². The van der Waals surface area contributed by atoms with Gasteiger partial charge in [-0.15, -0.1) is 0 Å². The molecular formula is C30H41N3O6. The van der Waals surface area contributed by atoms with E-state index >= 15 is 0 Å². The average Bonchev–Trinajstić information content (AvgIpc) is 3.13. The Morgan fingerprint density at radius 3 is 2.28 bits per heavy atom. The highest BCUT2D eigenvalue weighted by atomic mass is 16.5. The molecule has 0 saturated carbocycles. The van der Waals surface area contributed by atoms with Gasteiger partial charge >= 0.3 is 0 Å². The van der Waals surface area contributed by atoms with Crippen LogP contribution in [0, 0.1) is 5.92 Å². The molecule has 0 spiro atoms. The first kappa shape index (κ1) is 29.8. The summed E-state index contributed by atoms with van der Waals surface area (Å²) < 4.78 is 17.1. The molecule has 0 heterocycles. The van der Waals surface area contributed by atoms with Crippen LogP contribution in [0.25, 0.3) is 11.1 Å². The highest BCUT2D eigenvalue weighted by Gasteiger charge is 2.30. The summed E-state index contributed by atoms with van der Waals surface area (Å²) in [5, 5.41) is 9.19. The molecule has 3 rings (SSSR count). The fourth-order valence-electron chi connectivity index (χ4n) is 5.07. The summed E-state index contributed by atoms with van der Waals surface area (Å²) >= 11 is 0. The Labute approximate surface area is 230 Å². The molecule has 0 aliphatic heterocycles. The topological polar surface area (TPSA) is 115 Å². The van der Waals surface area contributed by atoms with Crippen LogP contribution < -0.4 is 35.6 Å². The molecule has 0 fully saturated rings. The van der Waals surface area contributed by atoms with Crippen LogP contribution in [0.15, 0.2) is 29.1 Å². The maximum atomic E-state index is 13.6. The molecular weight excluding hydrogens is 498 g/mol. The van der Waals surface area contributed by atoms with Gasteiger partial charge in [0.1, 0.15) is 6.04 Å². The van der Waals surface area contributed by atoms with Gasteiger partial charge in [-0.25, -0.2) is 0 Å². The van der Waals surface area contributed by atoms with Crippen LogP contribution in [0.4, 0.5) is 5.69 Å². The molecule has 212 valence electrons. The lowest BCUT2D eigenvalue weighted by molar-refractivity contribution is -0.123. The Balaban J connectivity index is 2.28. The number of fused-ring (bicyclic) bond motifs is 3. The number of anilines is 1.